The summed E-state index contributed by atoms with van der Waals surface area (Å²) in [4.78, 5) is 0. The highest BCUT2D eigenvalue weighted by atomic mass is 19.4. The topological polar surface area (TPSA) is 29.5 Å². The molecular formula is C13H11F3O2. The average molecular weight is 256 g/mol. The van der Waals surface area contributed by atoms with Gasteiger partial charge in [-0.1, -0.05) is 30.3 Å². The number of rotatable bonds is 2. The molecule has 0 aromatic heterocycles. The lowest BCUT2D eigenvalue weighted by Gasteiger charge is -2.17. The first-order valence-electron chi connectivity index (χ1n) is 5.25. The van der Waals surface area contributed by atoms with Crippen LogP contribution in [0.15, 0.2) is 36.4 Å². The Balaban J connectivity index is 2.66. The molecule has 2 aromatic carbocycles. The number of halogens is 3. The molecule has 0 heterocycles. The molecule has 0 saturated carbocycles. The van der Waals surface area contributed by atoms with Crippen molar-refractivity contribution in [3.8, 4) is 5.75 Å². The van der Waals surface area contributed by atoms with Crippen LogP contribution in [-0.4, -0.2) is 18.4 Å². The van der Waals surface area contributed by atoms with Crippen LogP contribution in [0.5, 0.6) is 5.75 Å². The van der Waals surface area contributed by atoms with Gasteiger partial charge >= 0.3 is 6.18 Å². The Bertz CT molecular complexity index is 564. The fourth-order valence-electron chi connectivity index (χ4n) is 1.90. The third kappa shape index (κ3) is 2.13. The van der Waals surface area contributed by atoms with Crippen molar-refractivity contribution in [2.45, 2.75) is 12.3 Å². The monoisotopic (exact) mass is 256 g/mol. The van der Waals surface area contributed by atoms with Gasteiger partial charge in [-0.15, -0.1) is 0 Å². The summed E-state index contributed by atoms with van der Waals surface area (Å²) in [6, 6.07) is 9.16. The molecule has 2 nitrogen and oxygen atoms in total. The van der Waals surface area contributed by atoms with Gasteiger partial charge in [0.25, 0.3) is 0 Å². The van der Waals surface area contributed by atoms with Crippen LogP contribution < -0.4 is 4.74 Å². The molecule has 0 bridgehead atoms. The largest absolute Gasteiger partial charge is 0.496 e. The summed E-state index contributed by atoms with van der Waals surface area (Å²) < 4.78 is 42.8. The van der Waals surface area contributed by atoms with Gasteiger partial charge in [-0.25, -0.2) is 0 Å². The molecule has 0 aliphatic rings. The van der Waals surface area contributed by atoms with Crippen molar-refractivity contribution in [1.82, 2.24) is 0 Å². The Labute approximate surface area is 102 Å². The first-order chi connectivity index (χ1) is 8.45. The second-order valence-corrected chi connectivity index (χ2v) is 3.85. The molecule has 1 atom stereocenters. The molecule has 2 rings (SSSR count). The van der Waals surface area contributed by atoms with Crippen molar-refractivity contribution < 1.29 is 23.0 Å². The quantitative estimate of drug-likeness (QED) is 0.891. The molecule has 96 valence electrons. The SMILES string of the molecule is COc1cccc2c(C(O)C(F)(F)F)cccc12. The highest BCUT2D eigenvalue weighted by Gasteiger charge is 2.40. The number of hydrogen-bond acceptors (Lipinski definition) is 2. The summed E-state index contributed by atoms with van der Waals surface area (Å²) in [5.74, 6) is 0.476. The van der Waals surface area contributed by atoms with E-state index in [9.17, 15) is 18.3 Å². The van der Waals surface area contributed by atoms with E-state index in [-0.39, 0.29) is 5.56 Å². The standard InChI is InChI=1S/C13H11F3O2/c1-18-11-7-3-4-8-9(11)5-2-6-10(8)12(17)13(14,15)16/h2-7,12,17H,1H3. The number of aliphatic hydroxyl groups is 1. The van der Waals surface area contributed by atoms with Gasteiger partial charge in [0.1, 0.15) is 5.75 Å². The Hall–Kier alpha value is -1.75. The van der Waals surface area contributed by atoms with Gasteiger partial charge in [-0.3, -0.25) is 0 Å². The zero-order chi connectivity index (χ0) is 13.3. The maximum Gasteiger partial charge on any atom is 0.418 e. The van der Waals surface area contributed by atoms with E-state index in [0.29, 0.717) is 16.5 Å². The van der Waals surface area contributed by atoms with E-state index in [2.05, 4.69) is 0 Å². The second-order valence-electron chi connectivity index (χ2n) is 3.85. The molecule has 2 aromatic rings. The maximum absolute atomic E-state index is 12.6. The number of methoxy groups -OCH3 is 1. The van der Waals surface area contributed by atoms with Crippen molar-refractivity contribution >= 4 is 10.8 Å². The Morgan fingerprint density at radius 3 is 2.28 bits per heavy atom. The number of ether oxygens (including phenoxy) is 1. The van der Waals surface area contributed by atoms with Crippen LogP contribution in [-0.2, 0) is 0 Å². The van der Waals surface area contributed by atoms with Gasteiger partial charge in [-0.05, 0) is 17.0 Å². The van der Waals surface area contributed by atoms with Crippen molar-refractivity contribution in [2.75, 3.05) is 7.11 Å². The average Bonchev–Trinajstić information content (AvgIpc) is 2.35. The molecule has 1 unspecified atom stereocenters. The summed E-state index contributed by atoms with van der Waals surface area (Å²) in [5.41, 5.74) is -0.168. The zero-order valence-electron chi connectivity index (χ0n) is 9.53. The minimum absolute atomic E-state index is 0.168. The highest BCUT2D eigenvalue weighted by molar-refractivity contribution is 5.91. The van der Waals surface area contributed by atoms with Crippen molar-refractivity contribution in [3.63, 3.8) is 0 Å². The van der Waals surface area contributed by atoms with E-state index in [1.165, 1.54) is 25.3 Å². The summed E-state index contributed by atoms with van der Waals surface area (Å²) in [5, 5.41) is 10.2. The second kappa shape index (κ2) is 4.49. The van der Waals surface area contributed by atoms with Gasteiger partial charge in [0.05, 0.1) is 7.11 Å². The maximum atomic E-state index is 12.6. The first kappa shape index (κ1) is 12.7. The van der Waals surface area contributed by atoms with Gasteiger partial charge in [0.15, 0.2) is 6.10 Å². The van der Waals surface area contributed by atoms with Crippen LogP contribution >= 0.6 is 0 Å². The van der Waals surface area contributed by atoms with Crippen molar-refractivity contribution in [2.24, 2.45) is 0 Å². The molecule has 0 amide bonds. The number of fused-ring (bicyclic) bond motifs is 1. The molecular weight excluding hydrogens is 245 g/mol. The van der Waals surface area contributed by atoms with E-state index in [0.717, 1.165) is 0 Å². The molecule has 0 fully saturated rings. The van der Waals surface area contributed by atoms with E-state index >= 15 is 0 Å². The minimum atomic E-state index is -4.68. The number of benzene rings is 2. The summed E-state index contributed by atoms with van der Waals surface area (Å²) in [6.07, 6.45) is -7.18. The van der Waals surface area contributed by atoms with Gasteiger partial charge in [0.2, 0.25) is 0 Å². The lowest BCUT2D eigenvalue weighted by molar-refractivity contribution is -0.206. The normalized spacial score (nSPS) is 13.6. The third-order valence-corrected chi connectivity index (χ3v) is 2.74. The van der Waals surface area contributed by atoms with Crippen molar-refractivity contribution in [3.05, 3.63) is 42.0 Å². The molecule has 0 saturated heterocycles. The van der Waals surface area contributed by atoms with E-state index in [1.807, 2.05) is 0 Å². The minimum Gasteiger partial charge on any atom is -0.496 e. The van der Waals surface area contributed by atoms with E-state index in [1.54, 1.807) is 18.2 Å². The van der Waals surface area contributed by atoms with Gasteiger partial charge < -0.3 is 9.84 Å². The Morgan fingerprint density at radius 1 is 1.06 bits per heavy atom. The lowest BCUT2D eigenvalue weighted by Crippen LogP contribution is -2.20. The Morgan fingerprint density at radius 2 is 1.67 bits per heavy atom. The van der Waals surface area contributed by atoms with Crippen molar-refractivity contribution in [1.29, 1.82) is 0 Å². The van der Waals surface area contributed by atoms with Crippen LogP contribution in [0.4, 0.5) is 13.2 Å². The number of hydrogen-bond donors (Lipinski definition) is 1. The molecule has 1 N–H and O–H groups in total. The summed E-state index contributed by atoms with van der Waals surface area (Å²) >= 11 is 0. The summed E-state index contributed by atoms with van der Waals surface area (Å²) in [7, 11) is 1.45. The smallest absolute Gasteiger partial charge is 0.418 e. The number of alkyl halides is 3. The molecule has 0 aliphatic heterocycles. The Kier molecular flexibility index (Phi) is 3.17. The molecule has 0 aliphatic carbocycles. The van der Waals surface area contributed by atoms with Crippen LogP contribution in [0, 0.1) is 0 Å². The molecule has 0 radical (unpaired) electrons. The van der Waals surface area contributed by atoms with Crippen LogP contribution in [0.25, 0.3) is 10.8 Å². The molecule has 5 heteroatoms. The zero-order valence-corrected chi connectivity index (χ0v) is 9.53. The van der Waals surface area contributed by atoms with Crippen LogP contribution in [0.2, 0.25) is 0 Å². The fraction of sp³-hybridized carbons (Fsp3) is 0.231. The fourth-order valence-corrected chi connectivity index (χ4v) is 1.90. The van der Waals surface area contributed by atoms with Crippen LogP contribution in [0.3, 0.4) is 0 Å². The molecule has 18 heavy (non-hydrogen) atoms. The van der Waals surface area contributed by atoms with Gasteiger partial charge in [-0.2, -0.15) is 13.2 Å². The van der Waals surface area contributed by atoms with Crippen LogP contribution in [0.1, 0.15) is 11.7 Å². The van der Waals surface area contributed by atoms with E-state index < -0.39 is 12.3 Å². The highest BCUT2D eigenvalue weighted by Crippen LogP contribution is 2.37. The first-order valence-corrected chi connectivity index (χ1v) is 5.25. The van der Waals surface area contributed by atoms with E-state index in [4.69, 9.17) is 4.74 Å². The predicted molar refractivity (Wildman–Crippen MR) is 61.5 cm³/mol. The molecule has 0 spiro atoms. The number of aliphatic hydroxyl groups excluding tert-OH is 1. The summed E-state index contributed by atoms with van der Waals surface area (Å²) in [6.45, 7) is 0. The lowest BCUT2D eigenvalue weighted by atomic mass is 9.99. The predicted octanol–water partition coefficient (Wildman–Crippen LogP) is 3.44. The van der Waals surface area contributed by atoms with Gasteiger partial charge in [0, 0.05) is 5.39 Å². The third-order valence-electron chi connectivity index (χ3n) is 2.74.